The van der Waals surface area contributed by atoms with Crippen LogP contribution in [0.1, 0.15) is 39.3 Å². The van der Waals surface area contributed by atoms with Crippen LogP contribution in [0.25, 0.3) is 0 Å². The van der Waals surface area contributed by atoms with Crippen LogP contribution in [-0.2, 0) is 10.2 Å². The molecule has 0 radical (unpaired) electrons. The van der Waals surface area contributed by atoms with Gasteiger partial charge >= 0.3 is 0 Å². The van der Waals surface area contributed by atoms with E-state index in [0.717, 1.165) is 55.6 Å². The molecule has 0 saturated carbocycles. The summed E-state index contributed by atoms with van der Waals surface area (Å²) in [7, 11) is 0. The molecular weight excluding hydrogens is 312 g/mol. The predicted molar refractivity (Wildman–Crippen MR) is 99.9 cm³/mol. The quantitative estimate of drug-likeness (QED) is 0.843. The second-order valence-electron chi connectivity index (χ2n) is 9.25. The molecule has 138 valence electrons. The predicted octanol–water partition coefficient (Wildman–Crippen LogP) is 2.57. The lowest BCUT2D eigenvalue weighted by Crippen LogP contribution is -2.35. The van der Waals surface area contributed by atoms with Crippen molar-refractivity contribution in [1.29, 1.82) is 0 Å². The number of hydrogen-bond donors (Lipinski definition) is 0. The summed E-state index contributed by atoms with van der Waals surface area (Å²) in [6.07, 6.45) is 2.58. The maximum absolute atomic E-state index is 5.64. The highest BCUT2D eigenvalue weighted by atomic mass is 16.5. The third kappa shape index (κ3) is 3.82. The molecule has 25 heavy (non-hydrogen) atoms. The van der Waals surface area contributed by atoms with Crippen LogP contribution in [0.5, 0.6) is 0 Å². The van der Waals surface area contributed by atoms with Crippen LogP contribution in [-0.4, -0.2) is 61.0 Å². The van der Waals surface area contributed by atoms with Crippen LogP contribution in [0, 0.1) is 17.8 Å². The summed E-state index contributed by atoms with van der Waals surface area (Å²) in [5, 5.41) is 8.98. The van der Waals surface area contributed by atoms with E-state index >= 15 is 0 Å². The number of nitrogens with zero attached hydrogens (tertiary/aromatic N) is 4. The van der Waals surface area contributed by atoms with Gasteiger partial charge in [0.25, 0.3) is 0 Å². The fraction of sp³-hybridized carbons (Fsp3) is 0.800. The summed E-state index contributed by atoms with van der Waals surface area (Å²) >= 11 is 0. The Hall–Kier alpha value is -1.20. The SMILES string of the molecule is CC(C)(C)c1ccc(N2CC3CN(CC4CCCOC4)CC3C2)nn1. The average Bonchev–Trinajstić information content (AvgIpc) is 3.13. The Morgan fingerprint density at radius 1 is 1.08 bits per heavy atom. The van der Waals surface area contributed by atoms with Crippen LogP contribution in [0.15, 0.2) is 12.1 Å². The van der Waals surface area contributed by atoms with Gasteiger partial charge in [-0.3, -0.25) is 0 Å². The highest BCUT2D eigenvalue weighted by Crippen LogP contribution is 2.34. The molecule has 3 saturated heterocycles. The molecule has 5 nitrogen and oxygen atoms in total. The van der Waals surface area contributed by atoms with Gasteiger partial charge in [0, 0.05) is 44.7 Å². The van der Waals surface area contributed by atoms with Crippen molar-refractivity contribution in [3.8, 4) is 0 Å². The molecule has 1 aromatic rings. The van der Waals surface area contributed by atoms with E-state index in [9.17, 15) is 0 Å². The second kappa shape index (κ2) is 6.84. The minimum atomic E-state index is 0.0659. The summed E-state index contributed by atoms with van der Waals surface area (Å²) in [5.74, 6) is 3.37. The molecular formula is C20H32N4O. The molecule has 1 aromatic heterocycles. The van der Waals surface area contributed by atoms with Crippen molar-refractivity contribution in [2.75, 3.05) is 50.8 Å². The third-order valence-electron chi connectivity index (χ3n) is 6.08. The molecule has 5 heteroatoms. The first-order chi connectivity index (χ1) is 12.0. The van der Waals surface area contributed by atoms with Crippen molar-refractivity contribution in [1.82, 2.24) is 15.1 Å². The van der Waals surface area contributed by atoms with Gasteiger partial charge in [0.1, 0.15) is 0 Å². The van der Waals surface area contributed by atoms with E-state index in [1.807, 2.05) is 0 Å². The van der Waals surface area contributed by atoms with E-state index in [-0.39, 0.29) is 5.41 Å². The zero-order chi connectivity index (χ0) is 17.4. The monoisotopic (exact) mass is 344 g/mol. The van der Waals surface area contributed by atoms with Crippen molar-refractivity contribution in [2.24, 2.45) is 17.8 Å². The molecule has 3 unspecified atom stereocenters. The van der Waals surface area contributed by atoms with Crippen LogP contribution < -0.4 is 4.90 Å². The largest absolute Gasteiger partial charge is 0.381 e. The highest BCUT2D eigenvalue weighted by molar-refractivity contribution is 5.40. The number of ether oxygens (including phenoxy) is 1. The van der Waals surface area contributed by atoms with Crippen LogP contribution >= 0.6 is 0 Å². The van der Waals surface area contributed by atoms with Crippen molar-refractivity contribution in [3.05, 3.63) is 17.8 Å². The van der Waals surface area contributed by atoms with Crippen molar-refractivity contribution < 1.29 is 4.74 Å². The van der Waals surface area contributed by atoms with Gasteiger partial charge in [0.2, 0.25) is 0 Å². The molecule has 0 N–H and O–H groups in total. The normalized spacial score (nSPS) is 30.7. The standard InChI is InChI=1S/C20H32N4O/c1-20(2,3)18-6-7-19(22-21-18)24-12-16-10-23(11-17(16)13-24)9-15-5-4-8-25-14-15/h6-7,15-17H,4-5,8-14H2,1-3H3. The molecule has 0 spiro atoms. The van der Waals surface area contributed by atoms with Gasteiger partial charge in [0.15, 0.2) is 5.82 Å². The first-order valence-corrected chi connectivity index (χ1v) is 9.88. The Kier molecular flexibility index (Phi) is 4.71. The van der Waals surface area contributed by atoms with Gasteiger partial charge in [0.05, 0.1) is 12.3 Å². The zero-order valence-corrected chi connectivity index (χ0v) is 15.9. The van der Waals surface area contributed by atoms with Crippen molar-refractivity contribution in [2.45, 2.75) is 39.0 Å². The highest BCUT2D eigenvalue weighted by Gasteiger charge is 2.41. The minimum absolute atomic E-state index is 0.0659. The number of hydrogen-bond acceptors (Lipinski definition) is 5. The first-order valence-electron chi connectivity index (χ1n) is 9.88. The Balaban J connectivity index is 1.31. The fourth-order valence-electron chi connectivity index (χ4n) is 4.64. The molecule has 3 fully saturated rings. The maximum Gasteiger partial charge on any atom is 0.151 e. The molecule has 3 atom stereocenters. The van der Waals surface area contributed by atoms with E-state index in [1.54, 1.807) is 0 Å². The Labute approximate surface area is 151 Å². The van der Waals surface area contributed by atoms with Gasteiger partial charge < -0.3 is 14.5 Å². The summed E-state index contributed by atoms with van der Waals surface area (Å²) < 4.78 is 5.64. The summed E-state index contributed by atoms with van der Waals surface area (Å²) in [4.78, 5) is 5.12. The molecule has 4 rings (SSSR count). The van der Waals surface area contributed by atoms with Gasteiger partial charge in [-0.15, -0.1) is 5.10 Å². The number of likely N-dealkylation sites (tertiary alicyclic amines) is 1. The fourth-order valence-corrected chi connectivity index (χ4v) is 4.64. The lowest BCUT2D eigenvalue weighted by Gasteiger charge is -2.28. The first kappa shape index (κ1) is 17.2. The number of fused-ring (bicyclic) bond motifs is 1. The van der Waals surface area contributed by atoms with E-state index in [4.69, 9.17) is 4.74 Å². The van der Waals surface area contributed by atoms with E-state index < -0.39 is 0 Å². The topological polar surface area (TPSA) is 41.5 Å². The Morgan fingerprint density at radius 3 is 2.40 bits per heavy atom. The van der Waals surface area contributed by atoms with Crippen LogP contribution in [0.4, 0.5) is 5.82 Å². The summed E-state index contributed by atoms with van der Waals surface area (Å²) in [6, 6.07) is 4.30. The number of anilines is 1. The number of rotatable bonds is 3. The summed E-state index contributed by atoms with van der Waals surface area (Å²) in [6.45, 7) is 14.5. The maximum atomic E-state index is 5.64. The lowest BCUT2D eigenvalue weighted by molar-refractivity contribution is 0.0409. The van der Waals surface area contributed by atoms with E-state index in [1.165, 1.54) is 32.5 Å². The average molecular weight is 345 g/mol. The smallest absolute Gasteiger partial charge is 0.151 e. The second-order valence-corrected chi connectivity index (χ2v) is 9.25. The molecule has 0 amide bonds. The van der Waals surface area contributed by atoms with E-state index in [0.29, 0.717) is 0 Å². The molecule has 4 heterocycles. The van der Waals surface area contributed by atoms with Crippen LogP contribution in [0.2, 0.25) is 0 Å². The third-order valence-corrected chi connectivity index (χ3v) is 6.08. The van der Waals surface area contributed by atoms with Gasteiger partial charge in [-0.05, 0) is 42.7 Å². The van der Waals surface area contributed by atoms with Gasteiger partial charge in [-0.2, -0.15) is 5.10 Å². The minimum Gasteiger partial charge on any atom is -0.381 e. The van der Waals surface area contributed by atoms with Gasteiger partial charge in [-0.1, -0.05) is 20.8 Å². The van der Waals surface area contributed by atoms with Crippen molar-refractivity contribution in [3.63, 3.8) is 0 Å². The number of aromatic nitrogens is 2. The Morgan fingerprint density at radius 2 is 1.84 bits per heavy atom. The van der Waals surface area contributed by atoms with Crippen LogP contribution in [0.3, 0.4) is 0 Å². The lowest BCUT2D eigenvalue weighted by atomic mass is 9.92. The van der Waals surface area contributed by atoms with Gasteiger partial charge in [-0.25, -0.2) is 0 Å². The molecule has 0 aliphatic carbocycles. The Bertz CT molecular complexity index is 562. The molecule has 0 bridgehead atoms. The van der Waals surface area contributed by atoms with Crippen molar-refractivity contribution >= 4 is 5.82 Å². The summed E-state index contributed by atoms with van der Waals surface area (Å²) in [5.41, 5.74) is 1.13. The van der Waals surface area contributed by atoms with E-state index in [2.05, 4.69) is 52.9 Å². The molecule has 3 aliphatic heterocycles. The molecule has 0 aromatic carbocycles. The zero-order valence-electron chi connectivity index (χ0n) is 15.9. The molecule has 3 aliphatic rings.